The minimum atomic E-state index is -4.73. The van der Waals surface area contributed by atoms with Gasteiger partial charge in [0.05, 0.1) is 0 Å². The number of aryl methyl sites for hydroxylation is 1. The van der Waals surface area contributed by atoms with Gasteiger partial charge in [-0.15, -0.1) is 23.4 Å². The fourth-order valence-electron chi connectivity index (χ4n) is 2.64. The molecule has 7 nitrogen and oxygen atoms in total. The van der Waals surface area contributed by atoms with Gasteiger partial charge in [0.2, 0.25) is 17.7 Å². The fraction of sp³-hybridized carbons (Fsp3) is 0.158. The number of alkyl halides is 3. The third kappa shape index (κ3) is 4.66. The Morgan fingerprint density at radius 3 is 2.52 bits per heavy atom. The number of hydrogen-bond donors (Lipinski definition) is 1. The molecule has 2 aromatic carbocycles. The molecule has 0 bridgehead atoms. The van der Waals surface area contributed by atoms with Crippen LogP contribution in [0, 0.1) is 6.92 Å². The van der Waals surface area contributed by atoms with Crippen LogP contribution in [0.25, 0.3) is 11.5 Å². The van der Waals surface area contributed by atoms with Gasteiger partial charge in [0.25, 0.3) is 0 Å². The van der Waals surface area contributed by atoms with Crippen molar-refractivity contribution < 1.29 is 31.9 Å². The Balaban J connectivity index is 1.44. The van der Waals surface area contributed by atoms with E-state index in [2.05, 4.69) is 20.4 Å². The number of nitrogens with one attached hydrogen (secondary N) is 1. The SMILES string of the molecule is Cc1nnc(-c2cccc(OC3=C[C@H](c4ccc(OC(F)(F)F)cc4)ON3)c2)o1. The van der Waals surface area contributed by atoms with E-state index in [-0.39, 0.29) is 5.75 Å². The standard InChI is InChI=1S/C19H14F3N3O4/c1-11-23-24-18(26-11)13-3-2-4-15(9-13)27-17-10-16(29-25-17)12-5-7-14(8-6-12)28-19(20,21)22/h2-10,16,25H,1H3/t16-/m1/s1. The fourth-order valence-corrected chi connectivity index (χ4v) is 2.64. The zero-order valence-electron chi connectivity index (χ0n) is 14.9. The molecule has 0 fully saturated rings. The smallest absolute Gasteiger partial charge is 0.439 e. The summed E-state index contributed by atoms with van der Waals surface area (Å²) >= 11 is 0. The predicted octanol–water partition coefficient (Wildman–Crippen LogP) is 4.44. The lowest BCUT2D eigenvalue weighted by molar-refractivity contribution is -0.274. The first-order valence-corrected chi connectivity index (χ1v) is 8.43. The summed E-state index contributed by atoms with van der Waals surface area (Å²) in [5, 5.41) is 7.75. The second kappa shape index (κ2) is 7.47. The monoisotopic (exact) mass is 405 g/mol. The third-order valence-corrected chi connectivity index (χ3v) is 3.87. The number of hydrogen-bond acceptors (Lipinski definition) is 7. The third-order valence-electron chi connectivity index (χ3n) is 3.87. The van der Waals surface area contributed by atoms with Crippen molar-refractivity contribution in [2.24, 2.45) is 0 Å². The van der Waals surface area contributed by atoms with Gasteiger partial charge >= 0.3 is 6.36 Å². The van der Waals surface area contributed by atoms with Crippen molar-refractivity contribution in [3.8, 4) is 23.0 Å². The summed E-state index contributed by atoms with van der Waals surface area (Å²) < 4.78 is 51.7. The molecule has 0 aliphatic carbocycles. The topological polar surface area (TPSA) is 78.6 Å². The van der Waals surface area contributed by atoms with E-state index in [9.17, 15) is 13.2 Å². The molecule has 1 aliphatic rings. The molecule has 0 saturated heterocycles. The maximum Gasteiger partial charge on any atom is 0.573 e. The van der Waals surface area contributed by atoms with E-state index < -0.39 is 12.5 Å². The van der Waals surface area contributed by atoms with Crippen molar-refractivity contribution in [1.29, 1.82) is 0 Å². The van der Waals surface area contributed by atoms with E-state index in [0.29, 0.717) is 34.5 Å². The van der Waals surface area contributed by atoms with Crippen molar-refractivity contribution in [3.05, 3.63) is 71.9 Å². The Kier molecular flexibility index (Phi) is 4.85. The van der Waals surface area contributed by atoms with Crippen LogP contribution >= 0.6 is 0 Å². The Morgan fingerprint density at radius 2 is 1.83 bits per heavy atom. The number of aromatic nitrogens is 2. The highest BCUT2D eigenvalue weighted by Crippen LogP contribution is 2.30. The lowest BCUT2D eigenvalue weighted by Crippen LogP contribution is -2.17. The van der Waals surface area contributed by atoms with Crippen molar-refractivity contribution >= 4 is 0 Å². The summed E-state index contributed by atoms with van der Waals surface area (Å²) in [4.78, 5) is 5.41. The molecule has 0 saturated carbocycles. The van der Waals surface area contributed by atoms with Gasteiger partial charge in [-0.05, 0) is 35.9 Å². The molecule has 29 heavy (non-hydrogen) atoms. The molecule has 1 aromatic heterocycles. The van der Waals surface area contributed by atoms with Crippen molar-refractivity contribution in [1.82, 2.24) is 15.7 Å². The summed E-state index contributed by atoms with van der Waals surface area (Å²) in [5.41, 5.74) is 3.97. The molecule has 1 atom stereocenters. The van der Waals surface area contributed by atoms with E-state index in [1.54, 1.807) is 37.3 Å². The number of rotatable bonds is 5. The molecular formula is C19H14F3N3O4. The van der Waals surface area contributed by atoms with Crippen LogP contribution in [0.3, 0.4) is 0 Å². The zero-order chi connectivity index (χ0) is 20.4. The molecule has 0 amide bonds. The van der Waals surface area contributed by atoms with Crippen LogP contribution in [0.1, 0.15) is 17.6 Å². The number of hydroxylamine groups is 1. The summed E-state index contributed by atoms with van der Waals surface area (Å²) in [6, 6.07) is 12.4. The van der Waals surface area contributed by atoms with Gasteiger partial charge in [0.1, 0.15) is 17.6 Å². The molecule has 0 radical (unpaired) electrons. The molecule has 1 aliphatic heterocycles. The lowest BCUT2D eigenvalue weighted by atomic mass is 10.1. The maximum absolute atomic E-state index is 12.2. The van der Waals surface area contributed by atoms with Crippen molar-refractivity contribution in [3.63, 3.8) is 0 Å². The Morgan fingerprint density at radius 1 is 1.03 bits per heavy atom. The highest BCUT2D eigenvalue weighted by atomic mass is 19.4. The average Bonchev–Trinajstić information content (AvgIpc) is 3.31. The quantitative estimate of drug-likeness (QED) is 0.672. The van der Waals surface area contributed by atoms with Crippen molar-refractivity contribution in [2.75, 3.05) is 0 Å². The van der Waals surface area contributed by atoms with Gasteiger partial charge in [0.15, 0.2) is 0 Å². The van der Waals surface area contributed by atoms with Gasteiger partial charge in [0, 0.05) is 18.6 Å². The van der Waals surface area contributed by atoms with Crippen LogP contribution < -0.4 is 15.0 Å². The lowest BCUT2D eigenvalue weighted by Gasteiger charge is -2.11. The molecule has 10 heteroatoms. The number of halogens is 3. The second-order valence-corrected chi connectivity index (χ2v) is 6.04. The van der Waals surface area contributed by atoms with Crippen LogP contribution in [-0.2, 0) is 4.84 Å². The number of benzene rings is 2. The Labute approximate surface area is 162 Å². The van der Waals surface area contributed by atoms with Gasteiger partial charge in [-0.3, -0.25) is 4.84 Å². The summed E-state index contributed by atoms with van der Waals surface area (Å²) in [6.07, 6.45) is -3.61. The molecular weight excluding hydrogens is 391 g/mol. The predicted molar refractivity (Wildman–Crippen MR) is 93.3 cm³/mol. The van der Waals surface area contributed by atoms with Crippen LogP contribution in [0.15, 0.2) is 64.9 Å². The molecule has 0 spiro atoms. The molecule has 1 N–H and O–H groups in total. The average molecular weight is 405 g/mol. The zero-order valence-corrected chi connectivity index (χ0v) is 14.9. The van der Waals surface area contributed by atoms with Gasteiger partial charge in [-0.1, -0.05) is 18.2 Å². The summed E-state index contributed by atoms with van der Waals surface area (Å²) in [7, 11) is 0. The first-order valence-electron chi connectivity index (χ1n) is 8.43. The Bertz CT molecular complexity index is 1030. The highest BCUT2D eigenvalue weighted by molar-refractivity contribution is 5.55. The van der Waals surface area contributed by atoms with Gasteiger partial charge in [-0.2, -0.15) is 0 Å². The first kappa shape index (κ1) is 18.8. The minimum absolute atomic E-state index is 0.305. The van der Waals surface area contributed by atoms with E-state index >= 15 is 0 Å². The number of nitrogens with zero attached hydrogens (tertiary/aromatic N) is 2. The van der Waals surface area contributed by atoms with Crippen LogP contribution in [0.5, 0.6) is 11.5 Å². The highest BCUT2D eigenvalue weighted by Gasteiger charge is 2.31. The molecule has 3 aromatic rings. The second-order valence-electron chi connectivity index (χ2n) is 6.04. The maximum atomic E-state index is 12.2. The molecule has 2 heterocycles. The molecule has 4 rings (SSSR count). The molecule has 0 unspecified atom stereocenters. The van der Waals surface area contributed by atoms with E-state index in [1.807, 2.05) is 0 Å². The van der Waals surface area contributed by atoms with Crippen LogP contribution in [0.4, 0.5) is 13.2 Å². The normalized spacial score (nSPS) is 16.3. The first-order chi connectivity index (χ1) is 13.9. The van der Waals surface area contributed by atoms with Gasteiger partial charge in [-0.25, -0.2) is 5.48 Å². The van der Waals surface area contributed by atoms with E-state index in [4.69, 9.17) is 14.0 Å². The Hall–Kier alpha value is -3.53. The van der Waals surface area contributed by atoms with E-state index in [1.165, 1.54) is 24.3 Å². The van der Waals surface area contributed by atoms with Crippen LogP contribution in [-0.4, -0.2) is 16.6 Å². The van der Waals surface area contributed by atoms with E-state index in [0.717, 1.165) is 0 Å². The van der Waals surface area contributed by atoms with Gasteiger partial charge < -0.3 is 13.9 Å². The largest absolute Gasteiger partial charge is 0.573 e. The summed E-state index contributed by atoms with van der Waals surface area (Å²) in [5.74, 6) is 1.37. The van der Waals surface area contributed by atoms with Crippen molar-refractivity contribution in [2.45, 2.75) is 19.4 Å². The van der Waals surface area contributed by atoms with Crippen LogP contribution in [0.2, 0.25) is 0 Å². The number of ether oxygens (including phenoxy) is 2. The molecule has 150 valence electrons. The summed E-state index contributed by atoms with van der Waals surface area (Å²) in [6.45, 7) is 1.70. The minimum Gasteiger partial charge on any atom is -0.439 e.